The average Bonchev–Trinajstić information content (AvgIpc) is 3.27. The van der Waals surface area contributed by atoms with E-state index < -0.39 is 5.97 Å². The number of amides is 1. The van der Waals surface area contributed by atoms with Gasteiger partial charge in [-0.25, -0.2) is 4.79 Å². The van der Waals surface area contributed by atoms with E-state index in [-0.39, 0.29) is 12.5 Å². The van der Waals surface area contributed by atoms with Crippen molar-refractivity contribution in [1.29, 1.82) is 0 Å². The summed E-state index contributed by atoms with van der Waals surface area (Å²) in [6.45, 7) is 10.1. The van der Waals surface area contributed by atoms with Gasteiger partial charge >= 0.3 is 5.97 Å². The highest BCUT2D eigenvalue weighted by Crippen LogP contribution is 2.69. The number of para-hydroxylation sites is 1. The molecular formula is C34H51NO3. The number of rotatable bonds is 8. The van der Waals surface area contributed by atoms with Gasteiger partial charge in [0.15, 0.2) is 0 Å². The largest absolute Gasteiger partial charge is 0.425 e. The lowest BCUT2D eigenvalue weighted by Gasteiger charge is -2.63. The summed E-state index contributed by atoms with van der Waals surface area (Å²) >= 11 is 0. The molecule has 1 N–H and O–H groups in total. The Kier molecular flexibility index (Phi) is 8.27. The Morgan fingerprint density at radius 3 is 2.50 bits per heavy atom. The fraction of sp³-hybridized carbons (Fsp3) is 0.765. The van der Waals surface area contributed by atoms with Crippen molar-refractivity contribution in [2.45, 2.75) is 105 Å². The first kappa shape index (κ1) is 27.7. The van der Waals surface area contributed by atoms with E-state index in [4.69, 9.17) is 4.74 Å². The monoisotopic (exact) mass is 521 g/mol. The molecule has 4 fully saturated rings. The molecule has 38 heavy (non-hydrogen) atoms. The lowest BCUT2D eigenvalue weighted by molar-refractivity contribution is -0.138. The SMILES string of the molecule is CC[C@H]1C[C@H]2[C@@H]3CC[C@H]([C@H](C)CCC(=O)NCC(=O)Oc4ccccc4)[C@@]3(C)CC[C@@H]2[C@@]2(C)CCCCC12. The molecule has 4 aliphatic carbocycles. The van der Waals surface area contributed by atoms with E-state index >= 15 is 0 Å². The minimum Gasteiger partial charge on any atom is -0.425 e. The maximum Gasteiger partial charge on any atom is 0.330 e. The standard InChI is InChI=1S/C34H51NO3/c1-5-24-21-26-29-16-15-27(34(29,4)20-18-30(26)33(3)19-10-9-13-28(24)33)23(2)14-17-31(36)35-22-32(37)38-25-11-7-6-8-12-25/h6-8,11-12,23-24,26-30H,5,9-10,13-22H2,1-4H3,(H,35,36)/t23-,24+,26+,27-,28?,29+,30+,33+,34-/m1/s1. The number of carbonyl (C=O) groups is 2. The molecule has 1 unspecified atom stereocenters. The third-order valence-electron chi connectivity index (χ3n) is 12.3. The number of hydrogen-bond donors (Lipinski definition) is 1. The van der Waals surface area contributed by atoms with E-state index in [0.29, 0.717) is 34.8 Å². The Balaban J connectivity index is 1.15. The van der Waals surface area contributed by atoms with Gasteiger partial charge in [-0.3, -0.25) is 4.79 Å². The first-order valence-electron chi connectivity index (χ1n) is 15.8. The van der Waals surface area contributed by atoms with Crippen molar-refractivity contribution in [2.75, 3.05) is 6.54 Å². The van der Waals surface area contributed by atoms with E-state index in [9.17, 15) is 9.59 Å². The van der Waals surface area contributed by atoms with Crippen molar-refractivity contribution in [3.8, 4) is 5.75 Å². The molecule has 4 nitrogen and oxygen atoms in total. The minimum absolute atomic E-state index is 0.0420. The maximum absolute atomic E-state index is 12.6. The molecule has 0 aromatic heterocycles. The molecule has 0 saturated heterocycles. The number of fused-ring (bicyclic) bond motifs is 5. The minimum atomic E-state index is -0.424. The van der Waals surface area contributed by atoms with Crippen molar-refractivity contribution >= 4 is 11.9 Å². The van der Waals surface area contributed by atoms with Gasteiger partial charge in [-0.15, -0.1) is 0 Å². The van der Waals surface area contributed by atoms with Gasteiger partial charge in [-0.2, -0.15) is 0 Å². The van der Waals surface area contributed by atoms with Crippen LogP contribution in [0.4, 0.5) is 0 Å². The van der Waals surface area contributed by atoms with Gasteiger partial charge in [-0.1, -0.05) is 65.2 Å². The smallest absolute Gasteiger partial charge is 0.330 e. The number of ether oxygens (including phenoxy) is 1. The van der Waals surface area contributed by atoms with E-state index in [2.05, 4.69) is 33.0 Å². The van der Waals surface area contributed by atoms with Gasteiger partial charge in [0, 0.05) is 6.42 Å². The molecule has 5 rings (SSSR count). The van der Waals surface area contributed by atoms with Gasteiger partial charge < -0.3 is 10.1 Å². The van der Waals surface area contributed by atoms with Crippen LogP contribution in [0.1, 0.15) is 105 Å². The van der Waals surface area contributed by atoms with Gasteiger partial charge in [-0.05, 0) is 116 Å². The summed E-state index contributed by atoms with van der Waals surface area (Å²) < 4.78 is 5.29. The van der Waals surface area contributed by atoms with E-state index in [0.717, 1.165) is 36.0 Å². The summed E-state index contributed by atoms with van der Waals surface area (Å²) in [6.07, 6.45) is 15.6. The van der Waals surface area contributed by atoms with Crippen molar-refractivity contribution in [3.63, 3.8) is 0 Å². The summed E-state index contributed by atoms with van der Waals surface area (Å²) in [7, 11) is 0. The Hall–Kier alpha value is -1.84. The Labute approximate surface area is 231 Å². The van der Waals surface area contributed by atoms with Crippen LogP contribution < -0.4 is 10.1 Å². The van der Waals surface area contributed by atoms with Crippen molar-refractivity contribution < 1.29 is 14.3 Å². The summed E-state index contributed by atoms with van der Waals surface area (Å²) in [5, 5.41) is 2.78. The van der Waals surface area contributed by atoms with E-state index in [1.54, 1.807) is 12.1 Å². The fourth-order valence-electron chi connectivity index (χ4n) is 10.5. The van der Waals surface area contributed by atoms with Crippen molar-refractivity contribution in [3.05, 3.63) is 30.3 Å². The van der Waals surface area contributed by atoms with Crippen LogP contribution >= 0.6 is 0 Å². The zero-order valence-electron chi connectivity index (χ0n) is 24.3. The Morgan fingerprint density at radius 1 is 0.974 bits per heavy atom. The van der Waals surface area contributed by atoms with Crippen LogP contribution in [0.15, 0.2) is 30.3 Å². The van der Waals surface area contributed by atoms with Gasteiger partial charge in [0.1, 0.15) is 12.3 Å². The summed E-state index contributed by atoms with van der Waals surface area (Å²) in [5.74, 6) is 5.89. The third kappa shape index (κ3) is 5.18. The number of nitrogens with one attached hydrogen (secondary N) is 1. The highest BCUT2D eigenvalue weighted by atomic mass is 16.5. The van der Waals surface area contributed by atoms with Crippen LogP contribution in [0.25, 0.3) is 0 Å². The molecule has 0 heterocycles. The van der Waals surface area contributed by atoms with Gasteiger partial charge in [0.25, 0.3) is 0 Å². The molecule has 1 amide bonds. The molecular weight excluding hydrogens is 470 g/mol. The normalized spacial score (nSPS) is 38.8. The molecule has 4 saturated carbocycles. The van der Waals surface area contributed by atoms with Crippen LogP contribution in [0, 0.1) is 52.3 Å². The summed E-state index contributed by atoms with van der Waals surface area (Å²) in [4.78, 5) is 24.7. The highest BCUT2D eigenvalue weighted by molar-refractivity contribution is 5.82. The molecule has 9 atom stereocenters. The van der Waals surface area contributed by atoms with Crippen LogP contribution in [0.5, 0.6) is 5.75 Å². The molecule has 1 aromatic carbocycles. The van der Waals surface area contributed by atoms with Gasteiger partial charge in [0.2, 0.25) is 5.91 Å². The van der Waals surface area contributed by atoms with Crippen LogP contribution in [0.2, 0.25) is 0 Å². The molecule has 0 aliphatic heterocycles. The lowest BCUT2D eigenvalue weighted by Crippen LogP contribution is -2.55. The number of hydrogen-bond acceptors (Lipinski definition) is 3. The molecule has 0 spiro atoms. The second-order valence-corrected chi connectivity index (χ2v) is 13.9. The number of benzene rings is 1. The topological polar surface area (TPSA) is 55.4 Å². The van der Waals surface area contributed by atoms with Crippen molar-refractivity contribution in [1.82, 2.24) is 5.32 Å². The second kappa shape index (κ2) is 11.3. The summed E-state index contributed by atoms with van der Waals surface area (Å²) in [6, 6.07) is 9.02. The molecule has 4 heteroatoms. The van der Waals surface area contributed by atoms with Crippen molar-refractivity contribution in [2.24, 2.45) is 52.3 Å². The first-order valence-corrected chi connectivity index (χ1v) is 15.8. The first-order chi connectivity index (χ1) is 18.3. The molecule has 1 aromatic rings. The molecule has 0 bridgehead atoms. The second-order valence-electron chi connectivity index (χ2n) is 13.9. The molecule has 4 aliphatic rings. The van der Waals surface area contributed by atoms with E-state index in [1.165, 1.54) is 64.2 Å². The van der Waals surface area contributed by atoms with Gasteiger partial charge in [0.05, 0.1) is 0 Å². The highest BCUT2D eigenvalue weighted by Gasteiger charge is 2.61. The Bertz CT molecular complexity index is 977. The predicted octanol–water partition coefficient (Wildman–Crippen LogP) is 7.81. The predicted molar refractivity (Wildman–Crippen MR) is 152 cm³/mol. The van der Waals surface area contributed by atoms with Crippen LogP contribution in [0.3, 0.4) is 0 Å². The Morgan fingerprint density at radius 2 is 1.74 bits per heavy atom. The van der Waals surface area contributed by atoms with E-state index in [1.807, 2.05) is 18.2 Å². The fourth-order valence-corrected chi connectivity index (χ4v) is 10.5. The third-order valence-corrected chi connectivity index (χ3v) is 12.3. The average molecular weight is 522 g/mol. The summed E-state index contributed by atoms with van der Waals surface area (Å²) in [5.41, 5.74) is 0.999. The zero-order valence-corrected chi connectivity index (χ0v) is 24.3. The van der Waals surface area contributed by atoms with Crippen LogP contribution in [-0.4, -0.2) is 18.4 Å². The zero-order chi connectivity index (χ0) is 26.9. The lowest BCUT2D eigenvalue weighted by atomic mass is 9.42. The number of carbonyl (C=O) groups excluding carboxylic acids is 2. The number of esters is 1. The maximum atomic E-state index is 12.6. The molecule has 210 valence electrons. The quantitative estimate of drug-likeness (QED) is 0.280. The van der Waals surface area contributed by atoms with Crippen LogP contribution in [-0.2, 0) is 9.59 Å². The molecule has 0 radical (unpaired) electrons.